The van der Waals surface area contributed by atoms with E-state index < -0.39 is 0 Å². The maximum Gasteiger partial charge on any atom is 0.260 e. The average molecular weight is 631 g/mol. The van der Waals surface area contributed by atoms with Gasteiger partial charge in [-0.15, -0.1) is 0 Å². The van der Waals surface area contributed by atoms with Gasteiger partial charge in [-0.05, 0) is 115 Å². The molecule has 0 fully saturated rings. The van der Waals surface area contributed by atoms with Gasteiger partial charge < -0.3 is 18.9 Å². The summed E-state index contributed by atoms with van der Waals surface area (Å²) in [5.41, 5.74) is 12.6. The molecule has 8 aromatic rings. The third-order valence-electron chi connectivity index (χ3n) is 9.97. The van der Waals surface area contributed by atoms with Gasteiger partial charge in [-0.1, -0.05) is 72.8 Å². The van der Waals surface area contributed by atoms with Crippen LogP contribution in [0.2, 0.25) is 0 Å². The van der Waals surface area contributed by atoms with Gasteiger partial charge >= 0.3 is 0 Å². The molecule has 2 aliphatic heterocycles. The van der Waals surface area contributed by atoms with Crippen molar-refractivity contribution in [3.05, 3.63) is 163 Å². The Hall–Kier alpha value is -6.20. The average Bonchev–Trinajstić information content (AvgIpc) is 3.43. The smallest absolute Gasteiger partial charge is 0.260 e. The molecule has 2 aliphatic rings. The molecular weight excluding hydrogens is 599 g/mol. The molecule has 7 aromatic carbocycles. The molecule has 3 heterocycles. The Morgan fingerprint density at radius 1 is 0.469 bits per heavy atom. The minimum Gasteiger partial charge on any atom is -0.458 e. The number of aryl methyl sites for hydroxylation is 2. The van der Waals surface area contributed by atoms with E-state index in [0.717, 1.165) is 78.6 Å². The summed E-state index contributed by atoms with van der Waals surface area (Å²) in [6.07, 6.45) is 0. The molecule has 0 N–H and O–H groups in total. The van der Waals surface area contributed by atoms with Crippen LogP contribution in [0.1, 0.15) is 11.1 Å². The van der Waals surface area contributed by atoms with Crippen LogP contribution in [0.3, 0.4) is 0 Å². The number of ether oxygens (including phenoxy) is 2. The first-order chi connectivity index (χ1) is 24.1. The fraction of sp³-hybridized carbons (Fsp3) is 0.0455. The first-order valence-corrected chi connectivity index (χ1v) is 16.8. The van der Waals surface area contributed by atoms with Gasteiger partial charge in [0.1, 0.15) is 23.0 Å². The maximum atomic E-state index is 6.71. The van der Waals surface area contributed by atoms with Crippen molar-refractivity contribution in [3.8, 4) is 28.7 Å². The summed E-state index contributed by atoms with van der Waals surface area (Å²) in [5, 5.41) is 2.33. The van der Waals surface area contributed by atoms with E-state index in [0.29, 0.717) is 0 Å². The lowest BCUT2D eigenvalue weighted by atomic mass is 9.35. The van der Waals surface area contributed by atoms with Crippen molar-refractivity contribution in [3.63, 3.8) is 0 Å². The Morgan fingerprint density at radius 2 is 1.08 bits per heavy atom. The highest BCUT2D eigenvalue weighted by molar-refractivity contribution is 6.98. The number of aromatic nitrogens is 1. The third-order valence-corrected chi connectivity index (χ3v) is 9.97. The molecule has 4 nitrogen and oxygen atoms in total. The lowest BCUT2D eigenvalue weighted by molar-refractivity contribution is 0.465. The standard InChI is InChI=1S/C44H31BN2O2/c1-28-11-8-15-31(23-28)46(32-16-9-12-29(2)24-32)33-21-22-34-35-26-43-37(27-39(35)47(38(34)25-33)30-13-4-3-5-14-30)45-36-17-6-7-18-40(36)48-41-19-10-20-42(49-43)44(41)45/h3-27H,1-2H3. The van der Waals surface area contributed by atoms with E-state index in [9.17, 15) is 0 Å². The van der Waals surface area contributed by atoms with Crippen molar-refractivity contribution in [2.45, 2.75) is 13.8 Å². The zero-order valence-corrected chi connectivity index (χ0v) is 27.2. The fourth-order valence-corrected chi connectivity index (χ4v) is 7.85. The molecule has 0 spiro atoms. The van der Waals surface area contributed by atoms with E-state index in [1.807, 2.05) is 18.2 Å². The maximum absolute atomic E-state index is 6.71. The van der Waals surface area contributed by atoms with Gasteiger partial charge in [-0.3, -0.25) is 0 Å². The van der Waals surface area contributed by atoms with Crippen LogP contribution in [0, 0.1) is 13.8 Å². The van der Waals surface area contributed by atoms with Gasteiger partial charge in [0.2, 0.25) is 0 Å². The number of hydrogen-bond donors (Lipinski definition) is 0. The molecule has 0 radical (unpaired) electrons. The summed E-state index contributed by atoms with van der Waals surface area (Å²) in [6, 6.07) is 54.1. The minimum absolute atomic E-state index is 0.000212. The highest BCUT2D eigenvalue weighted by Crippen LogP contribution is 2.42. The van der Waals surface area contributed by atoms with Crippen molar-refractivity contribution >= 4 is 62.0 Å². The van der Waals surface area contributed by atoms with Crippen LogP contribution in [0.25, 0.3) is 27.5 Å². The zero-order chi connectivity index (χ0) is 32.6. The van der Waals surface area contributed by atoms with Crippen molar-refractivity contribution in [1.29, 1.82) is 0 Å². The van der Waals surface area contributed by atoms with Crippen LogP contribution in [-0.4, -0.2) is 11.3 Å². The molecule has 49 heavy (non-hydrogen) atoms. The first-order valence-electron chi connectivity index (χ1n) is 16.8. The van der Waals surface area contributed by atoms with E-state index in [4.69, 9.17) is 9.47 Å². The number of anilines is 3. The van der Waals surface area contributed by atoms with Crippen LogP contribution < -0.4 is 30.8 Å². The second-order valence-corrected chi connectivity index (χ2v) is 13.1. The molecule has 0 atom stereocenters. The summed E-state index contributed by atoms with van der Waals surface area (Å²) in [7, 11) is 0. The Morgan fingerprint density at radius 3 is 1.82 bits per heavy atom. The zero-order valence-electron chi connectivity index (χ0n) is 27.2. The van der Waals surface area contributed by atoms with Gasteiger partial charge in [0.05, 0.1) is 11.0 Å². The predicted octanol–water partition coefficient (Wildman–Crippen LogP) is 9.60. The minimum atomic E-state index is 0.000212. The van der Waals surface area contributed by atoms with E-state index in [1.54, 1.807) is 0 Å². The highest BCUT2D eigenvalue weighted by atomic mass is 16.5. The monoisotopic (exact) mass is 630 g/mol. The van der Waals surface area contributed by atoms with Crippen LogP contribution in [0.4, 0.5) is 17.1 Å². The summed E-state index contributed by atoms with van der Waals surface area (Å²) < 4.78 is 15.5. The predicted molar refractivity (Wildman–Crippen MR) is 203 cm³/mol. The van der Waals surface area contributed by atoms with Gasteiger partial charge in [0.15, 0.2) is 0 Å². The van der Waals surface area contributed by atoms with Crippen LogP contribution in [0.5, 0.6) is 23.0 Å². The summed E-state index contributed by atoms with van der Waals surface area (Å²) in [6.45, 7) is 4.30. The molecule has 5 heteroatoms. The Bertz CT molecular complexity index is 2560. The van der Waals surface area contributed by atoms with Gasteiger partial charge in [-0.2, -0.15) is 0 Å². The van der Waals surface area contributed by atoms with Gasteiger partial charge in [0.25, 0.3) is 6.71 Å². The van der Waals surface area contributed by atoms with E-state index in [-0.39, 0.29) is 6.71 Å². The molecule has 1 aromatic heterocycles. The molecule has 0 saturated heterocycles. The normalized spacial score (nSPS) is 12.6. The number of rotatable bonds is 4. The Kier molecular flexibility index (Phi) is 6.06. The summed E-state index contributed by atoms with van der Waals surface area (Å²) >= 11 is 0. The van der Waals surface area contributed by atoms with Crippen LogP contribution in [0.15, 0.2) is 152 Å². The van der Waals surface area contributed by atoms with Crippen LogP contribution >= 0.6 is 0 Å². The van der Waals surface area contributed by atoms with Crippen molar-refractivity contribution in [2.24, 2.45) is 0 Å². The van der Waals surface area contributed by atoms with Crippen molar-refractivity contribution < 1.29 is 9.47 Å². The number of fused-ring (bicyclic) bond motifs is 7. The molecular formula is C44H31BN2O2. The molecule has 232 valence electrons. The number of hydrogen-bond acceptors (Lipinski definition) is 3. The lowest BCUT2D eigenvalue weighted by Crippen LogP contribution is -2.57. The number of benzene rings is 7. The molecule has 0 amide bonds. The van der Waals surface area contributed by atoms with Crippen molar-refractivity contribution in [1.82, 2.24) is 4.57 Å². The first kappa shape index (κ1) is 27.9. The summed E-state index contributed by atoms with van der Waals surface area (Å²) in [4.78, 5) is 2.36. The summed E-state index contributed by atoms with van der Waals surface area (Å²) in [5.74, 6) is 3.49. The third kappa shape index (κ3) is 4.32. The molecule has 0 bridgehead atoms. The molecule has 0 unspecified atom stereocenters. The van der Waals surface area contributed by atoms with Crippen LogP contribution in [-0.2, 0) is 0 Å². The Labute approximate surface area is 285 Å². The topological polar surface area (TPSA) is 26.6 Å². The van der Waals surface area contributed by atoms with Gasteiger partial charge in [0, 0.05) is 39.0 Å². The highest BCUT2D eigenvalue weighted by Gasteiger charge is 2.40. The second-order valence-electron chi connectivity index (χ2n) is 13.1. The number of nitrogens with zero attached hydrogens (tertiary/aromatic N) is 2. The van der Waals surface area contributed by atoms with Crippen molar-refractivity contribution in [2.75, 3.05) is 4.90 Å². The Balaban J connectivity index is 1.25. The quantitative estimate of drug-likeness (QED) is 0.181. The second kappa shape index (κ2) is 10.7. The van der Waals surface area contributed by atoms with E-state index >= 15 is 0 Å². The number of para-hydroxylation sites is 2. The SMILES string of the molecule is Cc1cccc(N(c2cccc(C)c2)c2ccc3c4cc5c(cc4n(-c4ccccc4)c3c2)B2c3ccccc3Oc3cccc(c32)O5)c1. The molecule has 0 saturated carbocycles. The van der Waals surface area contributed by atoms with E-state index in [2.05, 4.69) is 157 Å². The molecule has 0 aliphatic carbocycles. The fourth-order valence-electron chi connectivity index (χ4n) is 7.85. The molecule has 10 rings (SSSR count). The largest absolute Gasteiger partial charge is 0.458 e. The van der Waals surface area contributed by atoms with E-state index in [1.165, 1.54) is 16.5 Å². The lowest BCUT2D eigenvalue weighted by Gasteiger charge is -2.32. The van der Waals surface area contributed by atoms with Gasteiger partial charge in [-0.25, -0.2) is 0 Å².